The van der Waals surface area contributed by atoms with Crippen LogP contribution in [-0.4, -0.2) is 16.2 Å². The standard InChI is InChI=1S/C23H17FN2O4/c1-15(21-25-26-22(30-21)16-10-12-18(24)13-11-16)28-23(27)17-6-5-9-20(14-17)29-19-7-3-2-4-8-19/h2-15H,1H3/t15-/m0/s1. The van der Waals surface area contributed by atoms with Crippen LogP contribution >= 0.6 is 0 Å². The Bertz CT molecular complexity index is 1140. The number of benzene rings is 3. The maximum Gasteiger partial charge on any atom is 0.339 e. The molecule has 1 atom stereocenters. The van der Waals surface area contributed by atoms with Gasteiger partial charge in [-0.25, -0.2) is 9.18 Å². The lowest BCUT2D eigenvalue weighted by molar-refractivity contribution is 0.0279. The molecule has 1 heterocycles. The number of hydrogen-bond donors (Lipinski definition) is 0. The van der Waals surface area contributed by atoms with Crippen LogP contribution in [0.1, 0.15) is 29.3 Å². The summed E-state index contributed by atoms with van der Waals surface area (Å²) in [6.45, 7) is 1.63. The summed E-state index contributed by atoms with van der Waals surface area (Å²) in [6.07, 6.45) is -0.766. The van der Waals surface area contributed by atoms with Crippen LogP contribution in [0.15, 0.2) is 83.3 Å². The first-order valence-electron chi connectivity index (χ1n) is 9.22. The molecule has 30 heavy (non-hydrogen) atoms. The number of para-hydroxylation sites is 1. The molecule has 4 rings (SSSR count). The van der Waals surface area contributed by atoms with Crippen molar-refractivity contribution in [2.75, 3.05) is 0 Å². The van der Waals surface area contributed by atoms with Crippen molar-refractivity contribution in [1.29, 1.82) is 0 Å². The number of hydrogen-bond acceptors (Lipinski definition) is 6. The fourth-order valence-electron chi connectivity index (χ4n) is 2.70. The number of ether oxygens (including phenoxy) is 2. The third-order valence-electron chi connectivity index (χ3n) is 4.21. The smallest absolute Gasteiger partial charge is 0.339 e. The zero-order chi connectivity index (χ0) is 20.9. The minimum atomic E-state index is -0.766. The van der Waals surface area contributed by atoms with Gasteiger partial charge in [0.25, 0.3) is 5.89 Å². The second-order valence-electron chi connectivity index (χ2n) is 6.44. The summed E-state index contributed by atoms with van der Waals surface area (Å²) in [4.78, 5) is 12.5. The first-order valence-corrected chi connectivity index (χ1v) is 9.22. The second-order valence-corrected chi connectivity index (χ2v) is 6.44. The molecule has 0 N–H and O–H groups in total. The van der Waals surface area contributed by atoms with Crippen molar-refractivity contribution in [3.8, 4) is 23.0 Å². The summed E-state index contributed by atoms with van der Waals surface area (Å²) < 4.78 is 29.8. The molecule has 0 radical (unpaired) electrons. The van der Waals surface area contributed by atoms with E-state index in [1.165, 1.54) is 24.3 Å². The van der Waals surface area contributed by atoms with Crippen LogP contribution in [0.4, 0.5) is 4.39 Å². The fourth-order valence-corrected chi connectivity index (χ4v) is 2.70. The lowest BCUT2D eigenvalue weighted by Crippen LogP contribution is -2.09. The number of aromatic nitrogens is 2. The Balaban J connectivity index is 1.44. The summed E-state index contributed by atoms with van der Waals surface area (Å²) in [7, 11) is 0. The molecule has 3 aromatic carbocycles. The Labute approximate surface area is 171 Å². The molecule has 0 aliphatic rings. The molecule has 1 aromatic heterocycles. The fraction of sp³-hybridized carbons (Fsp3) is 0.0870. The number of halogens is 1. The van der Waals surface area contributed by atoms with Crippen LogP contribution in [0.25, 0.3) is 11.5 Å². The summed E-state index contributed by atoms with van der Waals surface area (Å²) in [5.41, 5.74) is 0.896. The van der Waals surface area contributed by atoms with Crippen LogP contribution in [-0.2, 0) is 4.74 Å². The molecule has 150 valence electrons. The highest BCUT2D eigenvalue weighted by Crippen LogP contribution is 2.25. The monoisotopic (exact) mass is 404 g/mol. The van der Waals surface area contributed by atoms with E-state index in [0.717, 1.165) is 0 Å². The number of carbonyl (C=O) groups is 1. The molecule has 0 saturated carbocycles. The summed E-state index contributed by atoms with van der Waals surface area (Å²) in [5, 5.41) is 7.85. The van der Waals surface area contributed by atoms with E-state index in [1.807, 2.05) is 30.3 Å². The van der Waals surface area contributed by atoms with Gasteiger partial charge in [0.15, 0.2) is 6.10 Å². The molecule has 4 aromatic rings. The van der Waals surface area contributed by atoms with Crippen molar-refractivity contribution >= 4 is 5.97 Å². The van der Waals surface area contributed by atoms with Crippen LogP contribution in [0.2, 0.25) is 0 Å². The summed E-state index contributed by atoms with van der Waals surface area (Å²) in [5.74, 6) is 0.614. The van der Waals surface area contributed by atoms with Crippen LogP contribution in [0.5, 0.6) is 11.5 Å². The van der Waals surface area contributed by atoms with Crippen LogP contribution in [0.3, 0.4) is 0 Å². The number of nitrogens with zero attached hydrogens (tertiary/aromatic N) is 2. The maximum absolute atomic E-state index is 13.1. The molecule has 6 nitrogen and oxygen atoms in total. The maximum atomic E-state index is 13.1. The van der Waals surface area contributed by atoms with E-state index >= 15 is 0 Å². The third-order valence-corrected chi connectivity index (χ3v) is 4.21. The van der Waals surface area contributed by atoms with Gasteiger partial charge in [-0.15, -0.1) is 10.2 Å². The normalized spacial score (nSPS) is 11.7. The van der Waals surface area contributed by atoms with Crippen LogP contribution in [0, 0.1) is 5.82 Å². The Morgan fingerprint density at radius 3 is 2.43 bits per heavy atom. The quantitative estimate of drug-likeness (QED) is 0.390. The molecule has 0 fully saturated rings. The van der Waals surface area contributed by atoms with E-state index in [4.69, 9.17) is 13.9 Å². The average molecular weight is 404 g/mol. The second kappa shape index (κ2) is 8.57. The molecule has 0 spiro atoms. The van der Waals surface area contributed by atoms with Gasteiger partial charge in [0, 0.05) is 5.56 Å². The molecule has 0 aliphatic carbocycles. The molecule has 0 aliphatic heterocycles. The van der Waals surface area contributed by atoms with Gasteiger partial charge in [-0.05, 0) is 61.5 Å². The number of carbonyl (C=O) groups excluding carboxylic acids is 1. The van der Waals surface area contributed by atoms with Crippen molar-refractivity contribution in [2.45, 2.75) is 13.0 Å². The topological polar surface area (TPSA) is 74.5 Å². The van der Waals surface area contributed by atoms with Gasteiger partial charge in [-0.1, -0.05) is 24.3 Å². The Morgan fingerprint density at radius 1 is 0.933 bits per heavy atom. The number of esters is 1. The Kier molecular flexibility index (Phi) is 5.52. The van der Waals surface area contributed by atoms with Crippen molar-refractivity contribution in [3.63, 3.8) is 0 Å². The van der Waals surface area contributed by atoms with Gasteiger partial charge >= 0.3 is 5.97 Å². The van der Waals surface area contributed by atoms with E-state index in [2.05, 4.69) is 10.2 Å². The molecular weight excluding hydrogens is 387 g/mol. The predicted octanol–water partition coefficient (Wildman–Crippen LogP) is 5.59. The van der Waals surface area contributed by atoms with E-state index in [1.54, 1.807) is 31.2 Å². The average Bonchev–Trinajstić information content (AvgIpc) is 3.26. The zero-order valence-electron chi connectivity index (χ0n) is 16.0. The van der Waals surface area contributed by atoms with Crippen molar-refractivity contribution in [3.05, 3.63) is 96.1 Å². The minimum Gasteiger partial charge on any atom is -0.457 e. The Morgan fingerprint density at radius 2 is 1.67 bits per heavy atom. The zero-order valence-corrected chi connectivity index (χ0v) is 16.0. The van der Waals surface area contributed by atoms with E-state index in [-0.39, 0.29) is 17.6 Å². The largest absolute Gasteiger partial charge is 0.457 e. The lowest BCUT2D eigenvalue weighted by Gasteiger charge is -2.11. The molecular formula is C23H17FN2O4. The highest BCUT2D eigenvalue weighted by molar-refractivity contribution is 5.90. The van der Waals surface area contributed by atoms with Gasteiger partial charge in [0.2, 0.25) is 5.89 Å². The van der Waals surface area contributed by atoms with Gasteiger partial charge < -0.3 is 13.9 Å². The highest BCUT2D eigenvalue weighted by Gasteiger charge is 2.20. The summed E-state index contributed by atoms with van der Waals surface area (Å²) >= 11 is 0. The third kappa shape index (κ3) is 4.52. The minimum absolute atomic E-state index is 0.138. The van der Waals surface area contributed by atoms with E-state index < -0.39 is 12.1 Å². The van der Waals surface area contributed by atoms with Crippen LogP contribution < -0.4 is 4.74 Å². The molecule has 0 saturated heterocycles. The SMILES string of the molecule is C[C@H](OC(=O)c1cccc(Oc2ccccc2)c1)c1nnc(-c2ccc(F)cc2)o1. The van der Waals surface area contributed by atoms with Crippen molar-refractivity contribution in [1.82, 2.24) is 10.2 Å². The van der Waals surface area contributed by atoms with Crippen molar-refractivity contribution < 1.29 is 23.1 Å². The lowest BCUT2D eigenvalue weighted by atomic mass is 10.2. The van der Waals surface area contributed by atoms with Gasteiger partial charge in [-0.2, -0.15) is 0 Å². The number of rotatable bonds is 6. The molecule has 0 bridgehead atoms. The van der Waals surface area contributed by atoms with E-state index in [0.29, 0.717) is 22.6 Å². The predicted molar refractivity (Wildman–Crippen MR) is 106 cm³/mol. The Hall–Kier alpha value is -4.00. The van der Waals surface area contributed by atoms with Gasteiger partial charge in [0.05, 0.1) is 5.56 Å². The van der Waals surface area contributed by atoms with Gasteiger partial charge in [0.1, 0.15) is 17.3 Å². The van der Waals surface area contributed by atoms with E-state index in [9.17, 15) is 9.18 Å². The molecule has 7 heteroatoms. The first-order chi connectivity index (χ1) is 14.6. The van der Waals surface area contributed by atoms with Gasteiger partial charge in [-0.3, -0.25) is 0 Å². The van der Waals surface area contributed by atoms with Crippen molar-refractivity contribution in [2.24, 2.45) is 0 Å². The highest BCUT2D eigenvalue weighted by atomic mass is 19.1. The molecule has 0 amide bonds. The summed E-state index contributed by atoms with van der Waals surface area (Å²) in [6, 6.07) is 21.6. The molecule has 0 unspecified atom stereocenters. The first kappa shape index (κ1) is 19.3.